The molecule has 2 heterocycles. The van der Waals surface area contributed by atoms with Gasteiger partial charge in [-0.15, -0.1) is 0 Å². The fourth-order valence-electron chi connectivity index (χ4n) is 1.91. The van der Waals surface area contributed by atoms with Crippen molar-refractivity contribution in [2.75, 3.05) is 6.54 Å². The summed E-state index contributed by atoms with van der Waals surface area (Å²) in [4.78, 5) is 4.34. The fraction of sp³-hybridized carbons (Fsp3) is 0.357. The Morgan fingerprint density at radius 1 is 1.35 bits per heavy atom. The highest BCUT2D eigenvalue weighted by atomic mass is 16.3. The van der Waals surface area contributed by atoms with Crippen LogP contribution in [0.2, 0.25) is 0 Å². The molecule has 90 valence electrons. The van der Waals surface area contributed by atoms with Gasteiger partial charge in [-0.25, -0.2) is 0 Å². The maximum atomic E-state index is 5.51. The minimum absolute atomic E-state index is 0.0960. The molecule has 0 aliphatic heterocycles. The summed E-state index contributed by atoms with van der Waals surface area (Å²) in [6.07, 6.45) is 4.62. The molecule has 1 N–H and O–H groups in total. The zero-order valence-electron chi connectivity index (χ0n) is 10.3. The monoisotopic (exact) mass is 230 g/mol. The molecule has 2 aromatic rings. The average molecular weight is 230 g/mol. The summed E-state index contributed by atoms with van der Waals surface area (Å²) in [6.45, 7) is 5.14. The highest BCUT2D eigenvalue weighted by molar-refractivity contribution is 5.29. The Morgan fingerprint density at radius 2 is 2.24 bits per heavy atom. The van der Waals surface area contributed by atoms with E-state index in [1.54, 1.807) is 6.26 Å². The lowest BCUT2D eigenvalue weighted by Crippen LogP contribution is -2.23. The van der Waals surface area contributed by atoms with Crippen molar-refractivity contribution in [2.45, 2.75) is 26.3 Å². The molecule has 0 bridgehead atoms. The van der Waals surface area contributed by atoms with Crippen LogP contribution in [0.1, 0.15) is 36.4 Å². The normalized spacial score (nSPS) is 12.6. The molecule has 0 fully saturated rings. The van der Waals surface area contributed by atoms with Gasteiger partial charge in [0.25, 0.3) is 0 Å². The third-order valence-electron chi connectivity index (χ3n) is 2.78. The summed E-state index contributed by atoms with van der Waals surface area (Å²) < 4.78 is 5.51. The van der Waals surface area contributed by atoms with Gasteiger partial charge < -0.3 is 9.73 Å². The molecule has 3 heteroatoms. The van der Waals surface area contributed by atoms with Gasteiger partial charge in [-0.1, -0.05) is 13.0 Å². The third-order valence-corrected chi connectivity index (χ3v) is 2.78. The molecule has 17 heavy (non-hydrogen) atoms. The minimum atomic E-state index is 0.0960. The third kappa shape index (κ3) is 2.74. The van der Waals surface area contributed by atoms with Gasteiger partial charge in [0, 0.05) is 11.9 Å². The van der Waals surface area contributed by atoms with Gasteiger partial charge in [0.1, 0.15) is 5.76 Å². The average Bonchev–Trinajstić information content (AvgIpc) is 2.85. The molecule has 0 spiro atoms. The molecule has 2 aromatic heterocycles. The molecule has 0 saturated carbocycles. The van der Waals surface area contributed by atoms with Crippen LogP contribution in [-0.4, -0.2) is 11.5 Å². The highest BCUT2D eigenvalue weighted by Gasteiger charge is 2.17. The van der Waals surface area contributed by atoms with Gasteiger partial charge in [-0.05, 0) is 43.7 Å². The second kappa shape index (κ2) is 5.64. The number of hydrogen-bond donors (Lipinski definition) is 1. The summed E-state index contributed by atoms with van der Waals surface area (Å²) in [7, 11) is 0. The fourth-order valence-corrected chi connectivity index (χ4v) is 1.91. The number of hydrogen-bond acceptors (Lipinski definition) is 3. The summed E-state index contributed by atoms with van der Waals surface area (Å²) in [5.74, 6) is 0.939. The van der Waals surface area contributed by atoms with E-state index in [-0.39, 0.29) is 6.04 Å². The predicted molar refractivity (Wildman–Crippen MR) is 67.8 cm³/mol. The highest BCUT2D eigenvalue weighted by Crippen LogP contribution is 2.24. The lowest BCUT2D eigenvalue weighted by molar-refractivity contribution is 0.445. The molecule has 1 atom stereocenters. The lowest BCUT2D eigenvalue weighted by atomic mass is 10.0. The van der Waals surface area contributed by atoms with Gasteiger partial charge in [-0.3, -0.25) is 4.98 Å². The van der Waals surface area contributed by atoms with Gasteiger partial charge in [0.15, 0.2) is 0 Å². The van der Waals surface area contributed by atoms with E-state index in [9.17, 15) is 0 Å². The molecule has 0 radical (unpaired) electrons. The molecule has 0 amide bonds. The first-order chi connectivity index (χ1) is 8.33. The van der Waals surface area contributed by atoms with E-state index >= 15 is 0 Å². The van der Waals surface area contributed by atoms with Crippen LogP contribution in [0.4, 0.5) is 0 Å². The minimum Gasteiger partial charge on any atom is -0.467 e. The quantitative estimate of drug-likeness (QED) is 0.857. The van der Waals surface area contributed by atoms with Crippen molar-refractivity contribution < 1.29 is 4.42 Å². The maximum absolute atomic E-state index is 5.51. The number of nitrogens with one attached hydrogen (secondary N) is 1. The number of pyridine rings is 1. The molecule has 0 aromatic carbocycles. The molecular weight excluding hydrogens is 212 g/mol. The largest absolute Gasteiger partial charge is 0.467 e. The van der Waals surface area contributed by atoms with Gasteiger partial charge in [0.2, 0.25) is 0 Å². The van der Waals surface area contributed by atoms with Crippen LogP contribution in [0.15, 0.2) is 41.1 Å². The van der Waals surface area contributed by atoms with Crippen molar-refractivity contribution in [3.05, 3.63) is 53.7 Å². The standard InChI is InChI=1S/C14H18N2O/c1-3-8-16-14(13-7-5-10-17-13)12-6-4-9-15-11(12)2/h4-7,9-10,14,16H,3,8H2,1-2H3. The topological polar surface area (TPSA) is 38.1 Å². The van der Waals surface area contributed by atoms with E-state index in [0.717, 1.165) is 24.4 Å². The Morgan fingerprint density at radius 3 is 2.88 bits per heavy atom. The van der Waals surface area contributed by atoms with Gasteiger partial charge in [-0.2, -0.15) is 0 Å². The Hall–Kier alpha value is -1.61. The van der Waals surface area contributed by atoms with Crippen LogP contribution >= 0.6 is 0 Å². The summed E-state index contributed by atoms with van der Waals surface area (Å²) in [6, 6.07) is 8.07. The van der Waals surface area contributed by atoms with Crippen molar-refractivity contribution in [3.63, 3.8) is 0 Å². The Labute approximate surface area is 102 Å². The lowest BCUT2D eigenvalue weighted by Gasteiger charge is -2.18. The van der Waals surface area contributed by atoms with E-state index in [1.807, 2.05) is 31.3 Å². The number of aryl methyl sites for hydroxylation is 1. The van der Waals surface area contributed by atoms with Crippen molar-refractivity contribution in [1.29, 1.82) is 0 Å². The zero-order valence-corrected chi connectivity index (χ0v) is 10.3. The van der Waals surface area contributed by atoms with Crippen molar-refractivity contribution in [2.24, 2.45) is 0 Å². The summed E-state index contributed by atoms with van der Waals surface area (Å²) in [5.41, 5.74) is 2.22. The second-order valence-corrected chi connectivity index (χ2v) is 4.08. The number of furan rings is 1. The summed E-state index contributed by atoms with van der Waals surface area (Å²) in [5, 5.41) is 3.50. The van der Waals surface area contributed by atoms with Crippen LogP contribution in [0.25, 0.3) is 0 Å². The number of nitrogens with zero attached hydrogens (tertiary/aromatic N) is 1. The first-order valence-electron chi connectivity index (χ1n) is 6.01. The second-order valence-electron chi connectivity index (χ2n) is 4.08. The zero-order chi connectivity index (χ0) is 12.1. The van der Waals surface area contributed by atoms with Gasteiger partial charge >= 0.3 is 0 Å². The first-order valence-corrected chi connectivity index (χ1v) is 6.01. The molecular formula is C14H18N2O. The molecule has 0 aliphatic carbocycles. The first kappa shape index (κ1) is 11.9. The van der Waals surface area contributed by atoms with E-state index in [1.165, 1.54) is 5.56 Å². The van der Waals surface area contributed by atoms with Crippen LogP contribution in [0.5, 0.6) is 0 Å². The van der Waals surface area contributed by atoms with Gasteiger partial charge in [0.05, 0.1) is 12.3 Å². The molecule has 1 unspecified atom stereocenters. The SMILES string of the molecule is CCCNC(c1ccco1)c1cccnc1C. The van der Waals surface area contributed by atoms with Crippen molar-refractivity contribution in [3.8, 4) is 0 Å². The Balaban J connectivity index is 2.30. The smallest absolute Gasteiger partial charge is 0.125 e. The maximum Gasteiger partial charge on any atom is 0.125 e. The van der Waals surface area contributed by atoms with E-state index < -0.39 is 0 Å². The van der Waals surface area contributed by atoms with E-state index in [0.29, 0.717) is 0 Å². The summed E-state index contributed by atoms with van der Waals surface area (Å²) >= 11 is 0. The van der Waals surface area contributed by atoms with Crippen molar-refractivity contribution in [1.82, 2.24) is 10.3 Å². The van der Waals surface area contributed by atoms with Crippen LogP contribution in [0, 0.1) is 6.92 Å². The van der Waals surface area contributed by atoms with E-state index in [2.05, 4.69) is 23.3 Å². The predicted octanol–water partition coefficient (Wildman–Crippen LogP) is 3.07. The van der Waals surface area contributed by atoms with Crippen molar-refractivity contribution >= 4 is 0 Å². The number of aromatic nitrogens is 1. The van der Waals surface area contributed by atoms with Crippen LogP contribution in [-0.2, 0) is 0 Å². The molecule has 0 saturated heterocycles. The Bertz CT molecular complexity index is 451. The van der Waals surface area contributed by atoms with E-state index in [4.69, 9.17) is 4.42 Å². The molecule has 0 aliphatic rings. The molecule has 3 nitrogen and oxygen atoms in total. The molecule has 2 rings (SSSR count). The Kier molecular flexibility index (Phi) is 3.94. The van der Waals surface area contributed by atoms with Crippen LogP contribution in [0.3, 0.4) is 0 Å². The van der Waals surface area contributed by atoms with Crippen LogP contribution < -0.4 is 5.32 Å². The number of rotatable bonds is 5.